The average Bonchev–Trinajstić information content (AvgIpc) is 3.39. The number of methoxy groups -OCH3 is 1. The van der Waals surface area contributed by atoms with Gasteiger partial charge in [0.05, 0.1) is 30.4 Å². The van der Waals surface area contributed by atoms with Gasteiger partial charge < -0.3 is 14.1 Å². The monoisotopic (exact) mass is 385 g/mol. The molecule has 0 atom stereocenters. The molecule has 0 unspecified atom stereocenters. The lowest BCUT2D eigenvalue weighted by Gasteiger charge is -2.04. The zero-order chi connectivity index (χ0) is 18.8. The fourth-order valence-corrected chi connectivity index (χ4v) is 3.36. The molecule has 4 rings (SSSR count). The quantitative estimate of drug-likeness (QED) is 0.526. The molecule has 27 heavy (non-hydrogen) atoms. The summed E-state index contributed by atoms with van der Waals surface area (Å²) in [5.41, 5.74) is 1.45. The van der Waals surface area contributed by atoms with Gasteiger partial charge >= 0.3 is 5.69 Å². The third-order valence-electron chi connectivity index (χ3n) is 3.93. The number of ether oxygens (including phenoxy) is 1. The van der Waals surface area contributed by atoms with E-state index < -0.39 is 0 Å². The molecule has 9 nitrogen and oxygen atoms in total. The smallest absolute Gasteiger partial charge is 0.326 e. The maximum atomic E-state index is 12.5. The Morgan fingerprint density at radius 3 is 3.04 bits per heavy atom. The van der Waals surface area contributed by atoms with Crippen LogP contribution in [0.1, 0.15) is 10.4 Å². The number of carbonyl (C=O) groups excluding carboxylic acids is 1. The summed E-state index contributed by atoms with van der Waals surface area (Å²) in [7, 11) is 1.58. The van der Waals surface area contributed by atoms with Gasteiger partial charge in [-0.25, -0.2) is 4.79 Å². The number of fused-ring (bicyclic) bond motifs is 1. The van der Waals surface area contributed by atoms with E-state index in [0.29, 0.717) is 45.6 Å². The van der Waals surface area contributed by atoms with Gasteiger partial charge in [-0.15, -0.1) is 10.2 Å². The Morgan fingerprint density at radius 2 is 2.26 bits per heavy atom. The van der Waals surface area contributed by atoms with E-state index in [1.165, 1.54) is 11.3 Å². The molecule has 4 aromatic rings. The van der Waals surface area contributed by atoms with Gasteiger partial charge in [-0.3, -0.25) is 14.7 Å². The lowest BCUT2D eigenvalue weighted by Crippen LogP contribution is -2.19. The number of anilines is 1. The number of carbonyl (C=O) groups is 1. The van der Waals surface area contributed by atoms with Crippen LogP contribution in [0, 0.1) is 0 Å². The van der Waals surface area contributed by atoms with Crippen LogP contribution >= 0.6 is 11.3 Å². The number of nitrogens with one attached hydrogen (secondary N) is 2. The number of furan rings is 1. The number of benzene rings is 1. The molecule has 3 aromatic heterocycles. The van der Waals surface area contributed by atoms with Gasteiger partial charge in [0.2, 0.25) is 5.13 Å². The van der Waals surface area contributed by atoms with Crippen molar-refractivity contribution in [2.75, 3.05) is 19.0 Å². The molecular formula is C17H15N5O4S. The number of imidazole rings is 1. The van der Waals surface area contributed by atoms with E-state index >= 15 is 0 Å². The molecule has 2 N–H and O–H groups in total. The molecule has 0 spiro atoms. The second-order valence-electron chi connectivity index (χ2n) is 5.65. The number of aromatic amines is 1. The van der Waals surface area contributed by atoms with Gasteiger partial charge in [-0.1, -0.05) is 11.3 Å². The van der Waals surface area contributed by atoms with E-state index in [0.717, 1.165) is 0 Å². The normalized spacial score (nSPS) is 11.1. The Bertz CT molecular complexity index is 1140. The Labute approximate surface area is 156 Å². The second-order valence-corrected chi connectivity index (χ2v) is 6.63. The van der Waals surface area contributed by atoms with E-state index in [1.54, 1.807) is 48.3 Å². The molecule has 0 fully saturated rings. The number of hydrogen-bond donors (Lipinski definition) is 2. The molecule has 0 aliphatic carbocycles. The first-order chi connectivity index (χ1) is 13.2. The fraction of sp³-hybridized carbons (Fsp3) is 0.176. The maximum absolute atomic E-state index is 12.5. The highest BCUT2D eigenvalue weighted by Crippen LogP contribution is 2.26. The highest BCUT2D eigenvalue weighted by atomic mass is 32.1. The van der Waals surface area contributed by atoms with Crippen LogP contribution in [-0.4, -0.2) is 39.4 Å². The summed E-state index contributed by atoms with van der Waals surface area (Å²) in [6, 6.07) is 8.53. The molecule has 0 aliphatic rings. The number of H-pyrrole nitrogens is 1. The standard InChI is InChI=1S/C17H15N5O4S/c1-25-8-6-22-12-5-4-10(9-11(12)18-17(22)24)14(23)19-16-21-20-15(27-16)13-3-2-7-26-13/h2-5,7,9H,6,8H2,1H3,(H,18,24)(H,19,21,23). The van der Waals surface area contributed by atoms with E-state index in [-0.39, 0.29) is 11.6 Å². The third kappa shape index (κ3) is 3.39. The average molecular weight is 385 g/mol. The summed E-state index contributed by atoms with van der Waals surface area (Å²) in [6.45, 7) is 0.853. The van der Waals surface area contributed by atoms with E-state index in [4.69, 9.17) is 9.15 Å². The van der Waals surface area contributed by atoms with Gasteiger partial charge in [0.1, 0.15) is 0 Å². The predicted molar refractivity (Wildman–Crippen MR) is 100.0 cm³/mol. The summed E-state index contributed by atoms with van der Waals surface area (Å²) >= 11 is 1.21. The van der Waals surface area contributed by atoms with Gasteiger partial charge in [-0.05, 0) is 30.3 Å². The Balaban J connectivity index is 1.55. The van der Waals surface area contributed by atoms with Crippen molar-refractivity contribution < 1.29 is 13.9 Å². The second kappa shape index (κ2) is 7.17. The molecule has 0 bridgehead atoms. The molecule has 0 saturated heterocycles. The van der Waals surface area contributed by atoms with Crippen LogP contribution in [0.3, 0.4) is 0 Å². The van der Waals surface area contributed by atoms with Gasteiger partial charge in [0, 0.05) is 12.7 Å². The van der Waals surface area contributed by atoms with Gasteiger partial charge in [0.15, 0.2) is 10.8 Å². The van der Waals surface area contributed by atoms with Gasteiger partial charge in [-0.2, -0.15) is 0 Å². The topological polar surface area (TPSA) is 115 Å². The van der Waals surface area contributed by atoms with Crippen LogP contribution < -0.4 is 11.0 Å². The molecule has 1 amide bonds. The first-order valence-electron chi connectivity index (χ1n) is 8.06. The molecule has 138 valence electrons. The number of nitrogens with zero attached hydrogens (tertiary/aromatic N) is 3. The van der Waals surface area contributed by atoms with Crippen molar-refractivity contribution in [2.24, 2.45) is 0 Å². The van der Waals surface area contributed by atoms with Crippen LogP contribution in [0.2, 0.25) is 0 Å². The van der Waals surface area contributed by atoms with Crippen molar-refractivity contribution in [1.82, 2.24) is 19.7 Å². The minimum Gasteiger partial charge on any atom is -0.462 e. The lowest BCUT2D eigenvalue weighted by atomic mass is 10.2. The number of amides is 1. The zero-order valence-corrected chi connectivity index (χ0v) is 15.1. The predicted octanol–water partition coefficient (Wildman–Crippen LogP) is 2.34. The molecule has 1 aromatic carbocycles. The summed E-state index contributed by atoms with van der Waals surface area (Å²) in [5, 5.41) is 11.6. The Hall–Kier alpha value is -3.24. The Kier molecular flexibility index (Phi) is 4.57. The largest absolute Gasteiger partial charge is 0.462 e. The maximum Gasteiger partial charge on any atom is 0.326 e. The molecule has 10 heteroatoms. The molecule has 3 heterocycles. The minimum absolute atomic E-state index is 0.244. The van der Waals surface area contributed by atoms with Crippen molar-refractivity contribution in [2.45, 2.75) is 6.54 Å². The highest BCUT2D eigenvalue weighted by Gasteiger charge is 2.14. The first-order valence-corrected chi connectivity index (χ1v) is 8.87. The van der Waals surface area contributed by atoms with Crippen molar-refractivity contribution in [1.29, 1.82) is 0 Å². The van der Waals surface area contributed by atoms with Crippen LogP contribution in [0.4, 0.5) is 5.13 Å². The van der Waals surface area contributed by atoms with Crippen LogP contribution in [0.25, 0.3) is 21.8 Å². The minimum atomic E-state index is -0.343. The molecule has 0 radical (unpaired) electrons. The number of rotatable bonds is 6. The van der Waals surface area contributed by atoms with Crippen molar-refractivity contribution in [3.8, 4) is 10.8 Å². The summed E-state index contributed by atoms with van der Waals surface area (Å²) in [6.07, 6.45) is 1.55. The number of aromatic nitrogens is 4. The number of hydrogen-bond acceptors (Lipinski definition) is 7. The lowest BCUT2D eigenvalue weighted by molar-refractivity contribution is 0.102. The summed E-state index contributed by atoms with van der Waals surface area (Å²) < 4.78 is 11.9. The third-order valence-corrected chi connectivity index (χ3v) is 4.79. The zero-order valence-electron chi connectivity index (χ0n) is 14.3. The van der Waals surface area contributed by atoms with E-state index in [2.05, 4.69) is 20.5 Å². The Morgan fingerprint density at radius 1 is 1.37 bits per heavy atom. The summed E-state index contributed by atoms with van der Waals surface area (Å²) in [5.74, 6) is 0.244. The molecule has 0 aliphatic heterocycles. The van der Waals surface area contributed by atoms with E-state index in [1.807, 2.05) is 0 Å². The SMILES string of the molecule is COCCn1c(=O)[nH]c2cc(C(=O)Nc3nnc(-c4ccco4)s3)ccc21. The molecular weight excluding hydrogens is 370 g/mol. The van der Waals surface area contributed by atoms with Crippen molar-refractivity contribution in [3.63, 3.8) is 0 Å². The summed E-state index contributed by atoms with van der Waals surface area (Å²) in [4.78, 5) is 27.3. The van der Waals surface area contributed by atoms with Crippen molar-refractivity contribution >= 4 is 33.4 Å². The highest BCUT2D eigenvalue weighted by molar-refractivity contribution is 7.18. The van der Waals surface area contributed by atoms with Crippen LogP contribution in [-0.2, 0) is 11.3 Å². The fourth-order valence-electron chi connectivity index (χ4n) is 2.65. The molecule has 0 saturated carbocycles. The van der Waals surface area contributed by atoms with Crippen LogP contribution in [0.15, 0.2) is 45.8 Å². The van der Waals surface area contributed by atoms with Crippen LogP contribution in [0.5, 0.6) is 0 Å². The first kappa shape index (κ1) is 17.2. The van der Waals surface area contributed by atoms with Crippen molar-refractivity contribution in [3.05, 3.63) is 52.6 Å². The van der Waals surface area contributed by atoms with E-state index in [9.17, 15) is 9.59 Å². The van der Waals surface area contributed by atoms with Gasteiger partial charge in [0.25, 0.3) is 5.91 Å².